The first-order valence-electron chi connectivity index (χ1n) is 12.2. The summed E-state index contributed by atoms with van der Waals surface area (Å²) in [7, 11) is 0. The molecular weight excluding hydrogens is 574 g/mol. The highest BCUT2D eigenvalue weighted by atomic mass is 79.9. The Bertz CT molecular complexity index is 1170. The predicted octanol–water partition coefficient (Wildman–Crippen LogP) is 7.43. The van der Waals surface area contributed by atoms with Crippen LogP contribution >= 0.6 is 15.9 Å². The van der Waals surface area contributed by atoms with Crippen LogP contribution in [0.1, 0.15) is 48.4 Å². The minimum atomic E-state index is -4.92. The molecule has 1 aromatic heterocycles. The van der Waals surface area contributed by atoms with Crippen molar-refractivity contribution in [3.63, 3.8) is 0 Å². The molecule has 0 amide bonds. The highest BCUT2D eigenvalue weighted by molar-refractivity contribution is 9.10. The molecule has 0 radical (unpaired) electrons. The van der Waals surface area contributed by atoms with Gasteiger partial charge in [0.1, 0.15) is 0 Å². The summed E-state index contributed by atoms with van der Waals surface area (Å²) in [5.41, 5.74) is -1.64. The van der Waals surface area contributed by atoms with E-state index < -0.39 is 23.5 Å². The van der Waals surface area contributed by atoms with E-state index in [0.717, 1.165) is 30.5 Å². The zero-order chi connectivity index (χ0) is 27.5. The van der Waals surface area contributed by atoms with Gasteiger partial charge in [0, 0.05) is 37.1 Å². The largest absolute Gasteiger partial charge is 0.416 e. The molecule has 1 aliphatic rings. The summed E-state index contributed by atoms with van der Waals surface area (Å²) in [6.07, 6.45) is -3.98. The molecule has 0 spiro atoms. The third-order valence-corrected chi connectivity index (χ3v) is 7.12. The van der Waals surface area contributed by atoms with Crippen molar-refractivity contribution < 1.29 is 26.3 Å². The van der Waals surface area contributed by atoms with Gasteiger partial charge >= 0.3 is 12.4 Å². The predicted molar refractivity (Wildman–Crippen MR) is 137 cm³/mol. The Labute approximate surface area is 225 Å². The summed E-state index contributed by atoms with van der Waals surface area (Å²) in [6.45, 7) is 1.84. The second kappa shape index (κ2) is 11.6. The average molecular weight is 601 g/mol. The van der Waals surface area contributed by atoms with Gasteiger partial charge in [0.25, 0.3) is 0 Å². The van der Waals surface area contributed by atoms with Gasteiger partial charge in [0.2, 0.25) is 5.95 Å². The molecule has 2 heterocycles. The maximum Gasteiger partial charge on any atom is 0.416 e. The van der Waals surface area contributed by atoms with Crippen LogP contribution in [0.25, 0.3) is 0 Å². The second-order valence-corrected chi connectivity index (χ2v) is 10.4. The van der Waals surface area contributed by atoms with Crippen molar-refractivity contribution in [2.24, 2.45) is 0 Å². The molecule has 0 saturated carbocycles. The molecule has 4 rings (SSSR count). The smallest absolute Gasteiger partial charge is 0.333 e. The van der Waals surface area contributed by atoms with E-state index in [1.54, 1.807) is 4.90 Å². The molecule has 3 aromatic rings. The van der Waals surface area contributed by atoms with E-state index in [9.17, 15) is 26.3 Å². The number of nitrogens with zero attached hydrogens (tertiary/aromatic N) is 3. The molecule has 204 valence electrons. The van der Waals surface area contributed by atoms with Crippen LogP contribution in [0.15, 0.2) is 65.4 Å². The van der Waals surface area contributed by atoms with Gasteiger partial charge in [-0.2, -0.15) is 26.3 Å². The number of hydrogen-bond donors (Lipinski definition) is 1. The Hall–Kier alpha value is -2.66. The zero-order valence-corrected chi connectivity index (χ0v) is 22.1. The molecule has 1 saturated heterocycles. The Morgan fingerprint density at radius 1 is 0.868 bits per heavy atom. The van der Waals surface area contributed by atoms with Gasteiger partial charge < -0.3 is 10.2 Å². The van der Waals surface area contributed by atoms with Gasteiger partial charge in [-0.3, -0.25) is 0 Å². The van der Waals surface area contributed by atoms with Crippen molar-refractivity contribution in [1.29, 1.82) is 0 Å². The maximum atomic E-state index is 13.5. The summed E-state index contributed by atoms with van der Waals surface area (Å²) < 4.78 is 81.8. The van der Waals surface area contributed by atoms with Crippen molar-refractivity contribution in [3.05, 3.63) is 87.7 Å². The minimum absolute atomic E-state index is 0.0614. The molecule has 1 aliphatic heterocycles. The fourth-order valence-corrected chi connectivity index (χ4v) is 5.13. The molecular formula is C27H27BrF6N4. The van der Waals surface area contributed by atoms with Crippen LogP contribution in [0, 0.1) is 0 Å². The Morgan fingerprint density at radius 2 is 1.45 bits per heavy atom. The summed E-state index contributed by atoms with van der Waals surface area (Å²) in [4.78, 5) is 10.5. The highest BCUT2D eigenvalue weighted by Crippen LogP contribution is 2.37. The molecule has 11 heteroatoms. The van der Waals surface area contributed by atoms with E-state index in [-0.39, 0.29) is 42.2 Å². The minimum Gasteiger partial charge on any atom is -0.333 e. The van der Waals surface area contributed by atoms with Crippen molar-refractivity contribution >= 4 is 21.9 Å². The van der Waals surface area contributed by atoms with Gasteiger partial charge in [0.05, 0.1) is 15.6 Å². The van der Waals surface area contributed by atoms with Crippen molar-refractivity contribution in [1.82, 2.24) is 15.3 Å². The van der Waals surface area contributed by atoms with E-state index >= 15 is 0 Å². The number of benzene rings is 2. The lowest BCUT2D eigenvalue weighted by molar-refractivity contribution is -0.143. The van der Waals surface area contributed by atoms with E-state index in [1.165, 1.54) is 12.4 Å². The van der Waals surface area contributed by atoms with E-state index in [2.05, 4.69) is 31.2 Å². The Balaban J connectivity index is 1.71. The normalized spacial score (nSPS) is 20.4. The van der Waals surface area contributed by atoms with E-state index in [1.807, 2.05) is 37.3 Å². The number of alkyl halides is 6. The first-order chi connectivity index (χ1) is 17.9. The number of nitrogens with one attached hydrogen (secondary N) is 1. The fraction of sp³-hybridized carbons (Fsp3) is 0.407. The van der Waals surface area contributed by atoms with E-state index in [4.69, 9.17) is 0 Å². The third-order valence-electron chi connectivity index (χ3n) is 6.71. The molecule has 4 nitrogen and oxygen atoms in total. The monoisotopic (exact) mass is 600 g/mol. The maximum absolute atomic E-state index is 13.5. The molecule has 1 unspecified atom stereocenters. The van der Waals surface area contributed by atoms with Crippen LogP contribution in [0.4, 0.5) is 32.3 Å². The summed E-state index contributed by atoms with van der Waals surface area (Å²) in [6, 6.07) is 11.6. The number of aromatic nitrogens is 2. The lowest BCUT2D eigenvalue weighted by atomic mass is 9.88. The Kier molecular flexibility index (Phi) is 8.66. The van der Waals surface area contributed by atoms with Crippen LogP contribution < -0.4 is 10.2 Å². The third kappa shape index (κ3) is 7.25. The first kappa shape index (κ1) is 28.4. The lowest BCUT2D eigenvalue weighted by Gasteiger charge is -2.42. The van der Waals surface area contributed by atoms with Gasteiger partial charge in [-0.25, -0.2) is 9.97 Å². The highest BCUT2D eigenvalue weighted by Gasteiger charge is 2.38. The number of halogens is 7. The number of piperidine rings is 1. The molecule has 1 N–H and O–H groups in total. The quantitative estimate of drug-likeness (QED) is 0.286. The lowest BCUT2D eigenvalue weighted by Crippen LogP contribution is -2.53. The molecule has 38 heavy (non-hydrogen) atoms. The van der Waals surface area contributed by atoms with E-state index in [0.29, 0.717) is 17.3 Å². The summed E-state index contributed by atoms with van der Waals surface area (Å²) in [5.74, 6) is 0.249. The Morgan fingerprint density at radius 3 is 2.00 bits per heavy atom. The summed E-state index contributed by atoms with van der Waals surface area (Å²) >= 11 is 3.28. The number of hydrogen-bond acceptors (Lipinski definition) is 4. The standard InChI is InChI=1S/C27H27BrF6N4/c1-2-22-12-24(13-23(37-22)10-17-6-4-3-5-7-17)38(25-35-14-21(28)15-36-25)16-18-8-19(26(29,30)31)11-20(9-18)27(32,33)34/h3-9,11,14-15,22-24,37H,2,10,12-13,16H2,1H3/t22?,23-,24-/m0/s1. The number of rotatable bonds is 7. The molecule has 2 aromatic carbocycles. The van der Waals surface area contributed by atoms with Gasteiger partial charge in [-0.15, -0.1) is 0 Å². The first-order valence-corrected chi connectivity index (χ1v) is 13.0. The fourth-order valence-electron chi connectivity index (χ4n) is 4.93. The van der Waals surface area contributed by atoms with Gasteiger partial charge in [-0.05, 0) is 70.9 Å². The second-order valence-electron chi connectivity index (χ2n) is 9.53. The van der Waals surface area contributed by atoms with Gasteiger partial charge in [-0.1, -0.05) is 37.3 Å². The van der Waals surface area contributed by atoms with Crippen LogP contribution in [-0.2, 0) is 25.3 Å². The topological polar surface area (TPSA) is 41.1 Å². The zero-order valence-electron chi connectivity index (χ0n) is 20.5. The van der Waals surface area contributed by atoms with Crippen LogP contribution in [0.2, 0.25) is 0 Å². The molecule has 1 fully saturated rings. The summed E-state index contributed by atoms with van der Waals surface area (Å²) in [5, 5.41) is 3.65. The van der Waals surface area contributed by atoms with Crippen molar-refractivity contribution in [3.8, 4) is 0 Å². The van der Waals surface area contributed by atoms with Crippen LogP contribution in [-0.4, -0.2) is 28.1 Å². The van der Waals surface area contributed by atoms with Gasteiger partial charge in [0.15, 0.2) is 0 Å². The molecule has 3 atom stereocenters. The SMILES string of the molecule is CCC1C[C@H](N(Cc2cc(C(F)(F)F)cc(C(F)(F)F)c2)c2ncc(Br)cn2)C[C@H](Cc2ccccc2)N1. The number of anilines is 1. The van der Waals surface area contributed by atoms with Crippen LogP contribution in [0.3, 0.4) is 0 Å². The van der Waals surface area contributed by atoms with Crippen molar-refractivity contribution in [2.75, 3.05) is 4.90 Å². The van der Waals surface area contributed by atoms with Crippen LogP contribution in [0.5, 0.6) is 0 Å². The average Bonchev–Trinajstić information content (AvgIpc) is 2.87. The molecule has 0 bridgehead atoms. The molecule has 0 aliphatic carbocycles. The van der Waals surface area contributed by atoms with Crippen molar-refractivity contribution in [2.45, 2.75) is 69.6 Å².